The topological polar surface area (TPSA) is 20.2 Å². The summed E-state index contributed by atoms with van der Waals surface area (Å²) in [6, 6.07) is 0. The van der Waals surface area contributed by atoms with Crippen molar-refractivity contribution in [1.29, 1.82) is 0 Å². The monoisotopic (exact) mass is 124 g/mol. The van der Waals surface area contributed by atoms with Gasteiger partial charge in [0, 0.05) is 0 Å². The van der Waals surface area contributed by atoms with Crippen LogP contribution < -0.4 is 0 Å². The maximum Gasteiger partial charge on any atom is 0.114 e. The van der Waals surface area contributed by atoms with Gasteiger partial charge in [0.2, 0.25) is 0 Å². The highest BCUT2D eigenvalue weighted by molar-refractivity contribution is 4.94. The van der Waals surface area contributed by atoms with E-state index in [0.717, 1.165) is 6.42 Å². The number of terminal acetylenes is 1. The van der Waals surface area contributed by atoms with Crippen molar-refractivity contribution in [3.05, 3.63) is 12.2 Å². The van der Waals surface area contributed by atoms with E-state index in [1.807, 2.05) is 19.1 Å². The molecule has 0 aliphatic rings. The summed E-state index contributed by atoms with van der Waals surface area (Å²) >= 11 is 0. The number of allylic oxidation sites excluding steroid dienone is 2. The Kier molecular flexibility index (Phi) is 4.95. The Labute approximate surface area is 56.4 Å². The molecule has 50 valence electrons. The molecule has 0 fully saturated rings. The largest absolute Gasteiger partial charge is 0.380 e. The second-order valence-corrected chi connectivity index (χ2v) is 1.83. The van der Waals surface area contributed by atoms with Crippen LogP contribution in [-0.2, 0) is 0 Å². The Balaban J connectivity index is 3.19. The van der Waals surface area contributed by atoms with Crippen LogP contribution in [0.2, 0.25) is 0 Å². The summed E-state index contributed by atoms with van der Waals surface area (Å²) in [6.07, 6.45) is 9.83. The lowest BCUT2D eigenvalue weighted by molar-refractivity contribution is 0.223. The van der Waals surface area contributed by atoms with Gasteiger partial charge in [-0.2, -0.15) is 0 Å². The number of hydrogen-bond acceptors (Lipinski definition) is 1. The summed E-state index contributed by atoms with van der Waals surface area (Å²) in [6.45, 7) is 1.95. The molecule has 0 aliphatic carbocycles. The zero-order chi connectivity index (χ0) is 7.11. The summed E-state index contributed by atoms with van der Waals surface area (Å²) in [4.78, 5) is 0. The quantitative estimate of drug-likeness (QED) is 0.444. The van der Waals surface area contributed by atoms with E-state index in [0.29, 0.717) is 6.42 Å². The molecule has 0 aromatic carbocycles. The SMILES string of the molecule is C#CC(O)CCC=CC. The van der Waals surface area contributed by atoms with E-state index in [4.69, 9.17) is 11.5 Å². The third kappa shape index (κ3) is 5.13. The van der Waals surface area contributed by atoms with E-state index in [9.17, 15) is 0 Å². The molecule has 0 bridgehead atoms. The van der Waals surface area contributed by atoms with Gasteiger partial charge in [-0.3, -0.25) is 0 Å². The Bertz CT molecular complexity index is 119. The fourth-order valence-electron chi connectivity index (χ4n) is 0.504. The molecule has 0 spiro atoms. The van der Waals surface area contributed by atoms with E-state index in [1.165, 1.54) is 0 Å². The first-order valence-electron chi connectivity index (χ1n) is 3.06. The summed E-state index contributed by atoms with van der Waals surface area (Å²) in [5.41, 5.74) is 0. The van der Waals surface area contributed by atoms with Crippen molar-refractivity contribution >= 4 is 0 Å². The zero-order valence-electron chi connectivity index (χ0n) is 5.67. The minimum absolute atomic E-state index is 0.568. The van der Waals surface area contributed by atoms with Crippen LogP contribution in [0.15, 0.2) is 12.2 Å². The highest BCUT2D eigenvalue weighted by atomic mass is 16.3. The van der Waals surface area contributed by atoms with E-state index in [1.54, 1.807) is 0 Å². The Hall–Kier alpha value is -0.740. The molecule has 9 heavy (non-hydrogen) atoms. The van der Waals surface area contributed by atoms with Crippen LogP contribution in [0.3, 0.4) is 0 Å². The molecule has 1 N–H and O–H groups in total. The molecule has 1 nitrogen and oxygen atoms in total. The Morgan fingerprint density at radius 2 is 2.44 bits per heavy atom. The molecular weight excluding hydrogens is 112 g/mol. The van der Waals surface area contributed by atoms with Gasteiger partial charge in [-0.25, -0.2) is 0 Å². The van der Waals surface area contributed by atoms with E-state index in [-0.39, 0.29) is 0 Å². The van der Waals surface area contributed by atoms with Crippen LogP contribution in [-0.4, -0.2) is 11.2 Å². The first kappa shape index (κ1) is 8.26. The van der Waals surface area contributed by atoms with Crippen molar-refractivity contribution in [3.8, 4) is 12.3 Å². The molecular formula is C8H12O. The number of aliphatic hydroxyl groups is 1. The molecule has 0 radical (unpaired) electrons. The molecule has 0 heterocycles. The zero-order valence-corrected chi connectivity index (χ0v) is 5.67. The van der Waals surface area contributed by atoms with Crippen LogP contribution in [0.5, 0.6) is 0 Å². The van der Waals surface area contributed by atoms with Crippen molar-refractivity contribution in [3.63, 3.8) is 0 Å². The fraction of sp³-hybridized carbons (Fsp3) is 0.500. The molecule has 0 amide bonds. The molecule has 0 aliphatic heterocycles. The van der Waals surface area contributed by atoms with Crippen LogP contribution >= 0.6 is 0 Å². The molecule has 0 saturated heterocycles. The van der Waals surface area contributed by atoms with Crippen molar-refractivity contribution in [1.82, 2.24) is 0 Å². The van der Waals surface area contributed by atoms with E-state index >= 15 is 0 Å². The minimum Gasteiger partial charge on any atom is -0.380 e. The van der Waals surface area contributed by atoms with Gasteiger partial charge < -0.3 is 5.11 Å². The van der Waals surface area contributed by atoms with Gasteiger partial charge in [-0.05, 0) is 19.8 Å². The van der Waals surface area contributed by atoms with Crippen LogP contribution in [0.25, 0.3) is 0 Å². The third-order valence-electron chi connectivity index (χ3n) is 1.03. The van der Waals surface area contributed by atoms with Gasteiger partial charge in [0.1, 0.15) is 6.10 Å². The van der Waals surface area contributed by atoms with Crippen LogP contribution in [0.4, 0.5) is 0 Å². The van der Waals surface area contributed by atoms with Crippen LogP contribution in [0, 0.1) is 12.3 Å². The third-order valence-corrected chi connectivity index (χ3v) is 1.03. The second-order valence-electron chi connectivity index (χ2n) is 1.83. The smallest absolute Gasteiger partial charge is 0.114 e. The van der Waals surface area contributed by atoms with Crippen LogP contribution in [0.1, 0.15) is 19.8 Å². The average Bonchev–Trinajstić information content (AvgIpc) is 1.89. The average molecular weight is 124 g/mol. The lowest BCUT2D eigenvalue weighted by atomic mass is 10.2. The highest BCUT2D eigenvalue weighted by Crippen LogP contribution is 1.95. The minimum atomic E-state index is -0.568. The highest BCUT2D eigenvalue weighted by Gasteiger charge is 1.93. The van der Waals surface area contributed by atoms with Gasteiger partial charge in [0.25, 0.3) is 0 Å². The lowest BCUT2D eigenvalue weighted by Gasteiger charge is -1.96. The molecule has 0 aromatic heterocycles. The predicted octanol–water partition coefficient (Wildman–Crippen LogP) is 1.34. The van der Waals surface area contributed by atoms with Gasteiger partial charge in [0.15, 0.2) is 0 Å². The Morgan fingerprint density at radius 3 is 2.89 bits per heavy atom. The molecule has 0 aromatic rings. The van der Waals surface area contributed by atoms with Crippen molar-refractivity contribution < 1.29 is 5.11 Å². The first-order chi connectivity index (χ1) is 4.31. The van der Waals surface area contributed by atoms with E-state index in [2.05, 4.69) is 5.92 Å². The maximum absolute atomic E-state index is 8.81. The van der Waals surface area contributed by atoms with Gasteiger partial charge in [0.05, 0.1) is 0 Å². The van der Waals surface area contributed by atoms with Crippen molar-refractivity contribution in [2.24, 2.45) is 0 Å². The fourth-order valence-corrected chi connectivity index (χ4v) is 0.504. The first-order valence-corrected chi connectivity index (χ1v) is 3.06. The molecule has 1 atom stereocenters. The number of rotatable bonds is 3. The summed E-state index contributed by atoms with van der Waals surface area (Å²) in [5.74, 6) is 2.25. The van der Waals surface area contributed by atoms with Gasteiger partial charge in [-0.15, -0.1) is 6.42 Å². The van der Waals surface area contributed by atoms with E-state index < -0.39 is 6.10 Å². The normalized spacial score (nSPS) is 13.4. The second kappa shape index (κ2) is 5.40. The van der Waals surface area contributed by atoms with Gasteiger partial charge in [-0.1, -0.05) is 18.1 Å². The van der Waals surface area contributed by atoms with Crippen molar-refractivity contribution in [2.75, 3.05) is 0 Å². The Morgan fingerprint density at radius 1 is 1.78 bits per heavy atom. The number of aliphatic hydroxyl groups excluding tert-OH is 1. The summed E-state index contributed by atoms with van der Waals surface area (Å²) in [5, 5.41) is 8.81. The predicted molar refractivity (Wildman–Crippen MR) is 38.9 cm³/mol. The maximum atomic E-state index is 8.81. The summed E-state index contributed by atoms with van der Waals surface area (Å²) in [7, 11) is 0. The standard InChI is InChI=1S/C8H12O/c1-3-5-6-7-8(9)4-2/h2-3,5,8-9H,6-7H2,1H3. The molecule has 0 saturated carbocycles. The molecule has 1 unspecified atom stereocenters. The lowest BCUT2D eigenvalue weighted by Crippen LogP contribution is -2.00. The van der Waals surface area contributed by atoms with Crippen molar-refractivity contribution in [2.45, 2.75) is 25.9 Å². The van der Waals surface area contributed by atoms with Gasteiger partial charge >= 0.3 is 0 Å². The number of hydrogen-bond donors (Lipinski definition) is 1. The summed E-state index contributed by atoms with van der Waals surface area (Å²) < 4.78 is 0. The molecule has 1 heteroatoms. The molecule has 0 rings (SSSR count).